The molecule has 110 valence electrons. The molecule has 0 spiro atoms. The molecule has 0 aliphatic heterocycles. The van der Waals surface area contributed by atoms with Crippen molar-refractivity contribution in [2.75, 3.05) is 6.26 Å². The summed E-state index contributed by atoms with van der Waals surface area (Å²) in [5, 5.41) is 10.1. The van der Waals surface area contributed by atoms with Crippen LogP contribution in [-0.4, -0.2) is 11.4 Å². The molecule has 2 heteroatoms. The lowest BCUT2D eigenvalue weighted by Gasteiger charge is -2.13. The lowest BCUT2D eigenvalue weighted by Crippen LogP contribution is -1.88. The van der Waals surface area contributed by atoms with Crippen molar-refractivity contribution >= 4 is 11.8 Å². The van der Waals surface area contributed by atoms with E-state index in [1.807, 2.05) is 31.2 Å². The number of phenolic OH excluding ortho intramolecular Hbond substituents is 1. The van der Waals surface area contributed by atoms with Crippen LogP contribution in [0.5, 0.6) is 5.75 Å². The number of aromatic hydroxyl groups is 1. The van der Waals surface area contributed by atoms with Crippen molar-refractivity contribution in [2.24, 2.45) is 0 Å². The first-order valence-electron chi connectivity index (χ1n) is 7.22. The van der Waals surface area contributed by atoms with Crippen LogP contribution >= 0.6 is 11.8 Å². The van der Waals surface area contributed by atoms with Crippen molar-refractivity contribution in [3.63, 3.8) is 0 Å². The fourth-order valence-electron chi connectivity index (χ4n) is 2.56. The van der Waals surface area contributed by atoms with E-state index in [2.05, 4.69) is 48.7 Å². The maximum atomic E-state index is 10.1. The zero-order valence-electron chi connectivity index (χ0n) is 12.7. The molecule has 22 heavy (non-hydrogen) atoms. The predicted octanol–water partition coefficient (Wildman–Crippen LogP) is 5.76. The van der Waals surface area contributed by atoms with Gasteiger partial charge in [-0.25, -0.2) is 0 Å². The molecule has 0 fully saturated rings. The summed E-state index contributed by atoms with van der Waals surface area (Å²) >= 11 is 1.73. The van der Waals surface area contributed by atoms with Gasteiger partial charge in [-0.15, -0.1) is 11.8 Å². The van der Waals surface area contributed by atoms with E-state index in [0.717, 1.165) is 27.8 Å². The summed E-state index contributed by atoms with van der Waals surface area (Å²) in [4.78, 5) is 1.24. The molecule has 0 aliphatic carbocycles. The summed E-state index contributed by atoms with van der Waals surface area (Å²) in [5.74, 6) is 0.337. The summed E-state index contributed by atoms with van der Waals surface area (Å²) in [6, 6.07) is 22.7. The summed E-state index contributed by atoms with van der Waals surface area (Å²) in [6.07, 6.45) is 2.07. The average Bonchev–Trinajstić information content (AvgIpc) is 2.58. The molecule has 0 saturated carbocycles. The standard InChI is InChI=1S/C20H18OS/c1-14-12-18(15-6-4-3-5-7-15)19(13-20(14)21)16-8-10-17(22-2)11-9-16/h3-13,21H,1-2H3. The molecule has 0 aliphatic rings. The van der Waals surface area contributed by atoms with E-state index in [-0.39, 0.29) is 0 Å². The highest BCUT2D eigenvalue weighted by Crippen LogP contribution is 2.37. The molecule has 3 aromatic rings. The van der Waals surface area contributed by atoms with Gasteiger partial charge in [-0.2, -0.15) is 0 Å². The molecule has 1 nitrogen and oxygen atoms in total. The molecule has 0 amide bonds. The van der Waals surface area contributed by atoms with Gasteiger partial charge in [0.25, 0.3) is 0 Å². The Bertz CT molecular complexity index is 777. The highest BCUT2D eigenvalue weighted by molar-refractivity contribution is 7.98. The van der Waals surface area contributed by atoms with E-state index < -0.39 is 0 Å². The van der Waals surface area contributed by atoms with Gasteiger partial charge < -0.3 is 5.11 Å². The molecule has 1 N–H and O–H groups in total. The van der Waals surface area contributed by atoms with Gasteiger partial charge in [-0.3, -0.25) is 0 Å². The van der Waals surface area contributed by atoms with Crippen molar-refractivity contribution in [1.82, 2.24) is 0 Å². The molecule has 0 aromatic heterocycles. The van der Waals surface area contributed by atoms with Crippen LogP contribution < -0.4 is 0 Å². The Morgan fingerprint density at radius 3 is 2.00 bits per heavy atom. The van der Waals surface area contributed by atoms with E-state index in [0.29, 0.717) is 5.75 Å². The summed E-state index contributed by atoms with van der Waals surface area (Å²) in [5.41, 5.74) is 5.37. The Labute approximate surface area is 135 Å². The molecule has 0 unspecified atom stereocenters. The number of phenols is 1. The fourth-order valence-corrected chi connectivity index (χ4v) is 2.97. The number of rotatable bonds is 3. The van der Waals surface area contributed by atoms with Gasteiger partial charge in [0, 0.05) is 4.90 Å². The molecule has 0 radical (unpaired) electrons. The first kappa shape index (κ1) is 14.7. The maximum absolute atomic E-state index is 10.1. The number of aryl methyl sites for hydroxylation is 1. The van der Waals surface area contributed by atoms with E-state index in [1.54, 1.807) is 11.8 Å². The summed E-state index contributed by atoms with van der Waals surface area (Å²) in [6.45, 7) is 1.93. The second-order valence-electron chi connectivity index (χ2n) is 5.28. The van der Waals surface area contributed by atoms with E-state index in [4.69, 9.17) is 0 Å². The van der Waals surface area contributed by atoms with Crippen molar-refractivity contribution in [1.29, 1.82) is 0 Å². The second-order valence-corrected chi connectivity index (χ2v) is 6.16. The van der Waals surface area contributed by atoms with Crippen LogP contribution in [0.4, 0.5) is 0 Å². The number of benzene rings is 3. The number of hydrogen-bond acceptors (Lipinski definition) is 2. The Balaban J connectivity index is 2.19. The highest BCUT2D eigenvalue weighted by Gasteiger charge is 2.11. The first-order valence-corrected chi connectivity index (χ1v) is 8.45. The average molecular weight is 306 g/mol. The van der Waals surface area contributed by atoms with Crippen LogP contribution in [0.3, 0.4) is 0 Å². The van der Waals surface area contributed by atoms with Gasteiger partial charge in [0.15, 0.2) is 0 Å². The van der Waals surface area contributed by atoms with Crippen LogP contribution in [0.2, 0.25) is 0 Å². The quantitative estimate of drug-likeness (QED) is 0.621. The lowest BCUT2D eigenvalue weighted by molar-refractivity contribution is 0.471. The molecule has 0 atom stereocenters. The van der Waals surface area contributed by atoms with Crippen molar-refractivity contribution in [3.05, 3.63) is 72.3 Å². The molecule has 3 rings (SSSR count). The van der Waals surface area contributed by atoms with Gasteiger partial charge in [-0.05, 0) is 65.3 Å². The van der Waals surface area contributed by atoms with Crippen LogP contribution in [-0.2, 0) is 0 Å². The Kier molecular flexibility index (Phi) is 4.21. The molecular weight excluding hydrogens is 288 g/mol. The third kappa shape index (κ3) is 2.88. The van der Waals surface area contributed by atoms with Gasteiger partial charge in [0.2, 0.25) is 0 Å². The molecular formula is C20H18OS. The van der Waals surface area contributed by atoms with Crippen LogP contribution in [0, 0.1) is 6.92 Å². The van der Waals surface area contributed by atoms with Crippen molar-refractivity contribution in [2.45, 2.75) is 11.8 Å². The van der Waals surface area contributed by atoms with Gasteiger partial charge in [-0.1, -0.05) is 42.5 Å². The van der Waals surface area contributed by atoms with Crippen LogP contribution in [0.25, 0.3) is 22.3 Å². The Morgan fingerprint density at radius 2 is 1.36 bits per heavy atom. The predicted molar refractivity (Wildman–Crippen MR) is 95.5 cm³/mol. The minimum Gasteiger partial charge on any atom is -0.508 e. The third-order valence-corrected chi connectivity index (χ3v) is 4.57. The number of thioether (sulfide) groups is 1. The van der Waals surface area contributed by atoms with E-state index in [1.165, 1.54) is 4.90 Å². The minimum atomic E-state index is 0.337. The first-order chi connectivity index (χ1) is 10.7. The molecule has 0 heterocycles. The smallest absolute Gasteiger partial charge is 0.119 e. The van der Waals surface area contributed by atoms with Gasteiger partial charge in [0.1, 0.15) is 5.75 Å². The van der Waals surface area contributed by atoms with E-state index in [9.17, 15) is 5.11 Å². The minimum absolute atomic E-state index is 0.337. The molecule has 3 aromatic carbocycles. The third-order valence-electron chi connectivity index (χ3n) is 3.82. The van der Waals surface area contributed by atoms with E-state index >= 15 is 0 Å². The molecule has 0 bridgehead atoms. The second kappa shape index (κ2) is 6.29. The lowest BCUT2D eigenvalue weighted by atomic mass is 9.92. The van der Waals surface area contributed by atoms with Crippen molar-refractivity contribution in [3.8, 4) is 28.0 Å². The summed E-state index contributed by atoms with van der Waals surface area (Å²) in [7, 11) is 0. The Hall–Kier alpha value is -2.19. The fraction of sp³-hybridized carbons (Fsp3) is 0.100. The zero-order valence-corrected chi connectivity index (χ0v) is 13.5. The van der Waals surface area contributed by atoms with Gasteiger partial charge >= 0.3 is 0 Å². The van der Waals surface area contributed by atoms with Crippen LogP contribution in [0.1, 0.15) is 5.56 Å². The topological polar surface area (TPSA) is 20.2 Å². The SMILES string of the molecule is CSc1ccc(-c2cc(O)c(C)cc2-c2ccccc2)cc1. The van der Waals surface area contributed by atoms with Crippen molar-refractivity contribution < 1.29 is 5.11 Å². The van der Waals surface area contributed by atoms with Gasteiger partial charge in [0.05, 0.1) is 0 Å². The Morgan fingerprint density at radius 1 is 0.773 bits per heavy atom. The zero-order chi connectivity index (χ0) is 15.5. The highest BCUT2D eigenvalue weighted by atomic mass is 32.2. The largest absolute Gasteiger partial charge is 0.508 e. The maximum Gasteiger partial charge on any atom is 0.119 e. The molecule has 0 saturated heterocycles. The normalized spacial score (nSPS) is 10.6. The monoisotopic (exact) mass is 306 g/mol. The summed E-state index contributed by atoms with van der Waals surface area (Å²) < 4.78 is 0. The van der Waals surface area contributed by atoms with Crippen LogP contribution in [0.15, 0.2) is 71.6 Å². The number of hydrogen-bond donors (Lipinski definition) is 1.